The number of benzene rings is 1. The SMILES string of the molecule is C/C(=C/C(=O)N1CCC(N(C)CCCO)CC1)c1ccccc1F. The van der Waals surface area contributed by atoms with E-state index >= 15 is 0 Å². The first-order valence-electron chi connectivity index (χ1n) is 8.56. The van der Waals surface area contributed by atoms with Gasteiger partial charge in [0.15, 0.2) is 0 Å². The van der Waals surface area contributed by atoms with Crippen LogP contribution in [0.1, 0.15) is 31.7 Å². The number of amides is 1. The van der Waals surface area contributed by atoms with Gasteiger partial charge in [-0.1, -0.05) is 18.2 Å². The van der Waals surface area contributed by atoms with E-state index in [2.05, 4.69) is 11.9 Å². The lowest BCUT2D eigenvalue weighted by molar-refractivity contribution is -0.127. The molecule has 0 atom stereocenters. The number of rotatable bonds is 6. The number of carbonyl (C=O) groups excluding carboxylic acids is 1. The molecule has 5 heteroatoms. The van der Waals surface area contributed by atoms with Crippen molar-refractivity contribution in [3.63, 3.8) is 0 Å². The number of aliphatic hydroxyl groups is 1. The number of aliphatic hydroxyl groups excluding tert-OH is 1. The summed E-state index contributed by atoms with van der Waals surface area (Å²) in [6, 6.07) is 6.97. The summed E-state index contributed by atoms with van der Waals surface area (Å²) in [7, 11) is 2.07. The maximum atomic E-state index is 13.8. The summed E-state index contributed by atoms with van der Waals surface area (Å²) in [4.78, 5) is 16.5. The first-order valence-corrected chi connectivity index (χ1v) is 8.56. The summed E-state index contributed by atoms with van der Waals surface area (Å²) >= 11 is 0. The first-order chi connectivity index (χ1) is 11.5. The van der Waals surface area contributed by atoms with Crippen molar-refractivity contribution in [3.05, 3.63) is 41.7 Å². The second kappa shape index (κ2) is 8.94. The van der Waals surface area contributed by atoms with Crippen LogP contribution >= 0.6 is 0 Å². The maximum absolute atomic E-state index is 13.8. The molecule has 0 bridgehead atoms. The number of halogens is 1. The third kappa shape index (κ3) is 4.89. The highest BCUT2D eigenvalue weighted by Gasteiger charge is 2.24. The number of hydrogen-bond acceptors (Lipinski definition) is 3. The first kappa shape index (κ1) is 18.6. The number of allylic oxidation sites excluding steroid dienone is 1. The minimum Gasteiger partial charge on any atom is -0.396 e. The molecular weight excluding hydrogens is 307 g/mol. The normalized spacial score (nSPS) is 16.7. The van der Waals surface area contributed by atoms with Crippen LogP contribution in [0.2, 0.25) is 0 Å². The molecule has 1 N–H and O–H groups in total. The van der Waals surface area contributed by atoms with E-state index < -0.39 is 0 Å². The third-order valence-electron chi connectivity index (χ3n) is 4.71. The Bertz CT molecular complexity index is 580. The van der Waals surface area contributed by atoms with Gasteiger partial charge in [0.2, 0.25) is 5.91 Å². The Morgan fingerprint density at radius 3 is 2.67 bits per heavy atom. The predicted octanol–water partition coefficient (Wildman–Crippen LogP) is 2.53. The second-order valence-electron chi connectivity index (χ2n) is 6.42. The lowest BCUT2D eigenvalue weighted by Crippen LogP contribution is -2.45. The van der Waals surface area contributed by atoms with Crippen molar-refractivity contribution < 1.29 is 14.3 Å². The molecule has 1 aromatic rings. The average molecular weight is 334 g/mol. The Morgan fingerprint density at radius 1 is 1.38 bits per heavy atom. The van der Waals surface area contributed by atoms with Crippen molar-refractivity contribution in [3.8, 4) is 0 Å². The lowest BCUT2D eigenvalue weighted by atomic mass is 10.0. The van der Waals surface area contributed by atoms with E-state index in [9.17, 15) is 9.18 Å². The molecule has 1 aromatic carbocycles. The minimum atomic E-state index is -0.303. The van der Waals surface area contributed by atoms with Gasteiger partial charge in [-0.2, -0.15) is 0 Å². The molecular formula is C19H27FN2O2. The van der Waals surface area contributed by atoms with Gasteiger partial charge < -0.3 is 14.9 Å². The highest BCUT2D eigenvalue weighted by Crippen LogP contribution is 2.20. The predicted molar refractivity (Wildman–Crippen MR) is 94.0 cm³/mol. The van der Waals surface area contributed by atoms with Gasteiger partial charge in [0, 0.05) is 43.9 Å². The molecule has 2 rings (SSSR count). The van der Waals surface area contributed by atoms with E-state index in [4.69, 9.17) is 5.11 Å². The molecule has 0 unspecified atom stereocenters. The topological polar surface area (TPSA) is 43.8 Å². The van der Waals surface area contributed by atoms with Gasteiger partial charge in [-0.25, -0.2) is 4.39 Å². The molecule has 1 amide bonds. The van der Waals surface area contributed by atoms with E-state index in [1.165, 1.54) is 12.1 Å². The van der Waals surface area contributed by atoms with Crippen LogP contribution in [-0.2, 0) is 4.79 Å². The molecule has 132 valence electrons. The van der Waals surface area contributed by atoms with Crippen LogP contribution in [0.5, 0.6) is 0 Å². The van der Waals surface area contributed by atoms with E-state index in [-0.39, 0.29) is 18.3 Å². The highest BCUT2D eigenvalue weighted by atomic mass is 19.1. The molecule has 0 saturated carbocycles. The van der Waals surface area contributed by atoms with E-state index in [0.717, 1.165) is 25.8 Å². The molecule has 1 saturated heterocycles. The van der Waals surface area contributed by atoms with Crippen LogP contribution in [0.15, 0.2) is 30.3 Å². The van der Waals surface area contributed by atoms with Crippen molar-refractivity contribution in [2.75, 3.05) is 33.3 Å². The Morgan fingerprint density at radius 2 is 2.04 bits per heavy atom. The Balaban J connectivity index is 1.91. The van der Waals surface area contributed by atoms with Crippen LogP contribution in [0, 0.1) is 5.82 Å². The van der Waals surface area contributed by atoms with Gasteiger partial charge >= 0.3 is 0 Å². The summed E-state index contributed by atoms with van der Waals surface area (Å²) in [6.45, 7) is 4.29. The number of hydrogen-bond donors (Lipinski definition) is 1. The molecule has 24 heavy (non-hydrogen) atoms. The van der Waals surface area contributed by atoms with Gasteiger partial charge in [-0.15, -0.1) is 0 Å². The Labute approximate surface area is 143 Å². The fraction of sp³-hybridized carbons (Fsp3) is 0.526. The van der Waals surface area contributed by atoms with Crippen molar-refractivity contribution in [2.45, 2.75) is 32.2 Å². The molecule has 0 aromatic heterocycles. The Kier molecular flexibility index (Phi) is 6.94. The maximum Gasteiger partial charge on any atom is 0.246 e. The van der Waals surface area contributed by atoms with Crippen LogP contribution in [0.3, 0.4) is 0 Å². The Hall–Kier alpha value is -1.72. The smallest absolute Gasteiger partial charge is 0.246 e. The van der Waals surface area contributed by atoms with E-state index in [0.29, 0.717) is 30.3 Å². The van der Waals surface area contributed by atoms with Gasteiger partial charge in [0.25, 0.3) is 0 Å². The standard InChI is InChI=1S/C19H27FN2O2/c1-15(17-6-3-4-7-18(17)20)14-19(24)22-11-8-16(9-12-22)21(2)10-5-13-23/h3-4,6-7,14,16,23H,5,8-13H2,1-2H3/b15-14-. The monoisotopic (exact) mass is 334 g/mol. The molecule has 0 spiro atoms. The zero-order chi connectivity index (χ0) is 17.5. The molecule has 1 fully saturated rings. The third-order valence-corrected chi connectivity index (χ3v) is 4.71. The highest BCUT2D eigenvalue weighted by molar-refractivity contribution is 5.95. The summed E-state index contributed by atoms with van der Waals surface area (Å²) in [5.41, 5.74) is 1.13. The van der Waals surface area contributed by atoms with Crippen LogP contribution in [-0.4, -0.2) is 60.1 Å². The summed E-state index contributed by atoms with van der Waals surface area (Å²) in [5, 5.41) is 8.91. The van der Waals surface area contributed by atoms with Crippen molar-refractivity contribution in [2.24, 2.45) is 0 Å². The molecule has 1 aliphatic rings. The number of nitrogens with zero attached hydrogens (tertiary/aromatic N) is 2. The van der Waals surface area contributed by atoms with Gasteiger partial charge in [-0.05, 0) is 44.9 Å². The summed E-state index contributed by atoms with van der Waals surface area (Å²) in [5.74, 6) is -0.351. The van der Waals surface area contributed by atoms with Crippen LogP contribution < -0.4 is 0 Å². The summed E-state index contributed by atoms with van der Waals surface area (Å²) < 4.78 is 13.8. The van der Waals surface area contributed by atoms with E-state index in [1.54, 1.807) is 25.1 Å². The zero-order valence-electron chi connectivity index (χ0n) is 14.5. The van der Waals surface area contributed by atoms with Gasteiger partial charge in [0.05, 0.1) is 0 Å². The van der Waals surface area contributed by atoms with Gasteiger partial charge in [0.1, 0.15) is 5.82 Å². The largest absolute Gasteiger partial charge is 0.396 e. The van der Waals surface area contributed by atoms with Crippen molar-refractivity contribution >= 4 is 11.5 Å². The number of carbonyl (C=O) groups is 1. The minimum absolute atomic E-state index is 0.0489. The van der Waals surface area contributed by atoms with Crippen LogP contribution in [0.25, 0.3) is 5.57 Å². The lowest BCUT2D eigenvalue weighted by Gasteiger charge is -2.36. The molecule has 0 aliphatic carbocycles. The average Bonchev–Trinajstić information content (AvgIpc) is 2.60. The molecule has 1 aliphatic heterocycles. The quantitative estimate of drug-likeness (QED) is 0.813. The fourth-order valence-corrected chi connectivity index (χ4v) is 3.16. The molecule has 4 nitrogen and oxygen atoms in total. The van der Waals surface area contributed by atoms with E-state index in [1.807, 2.05) is 4.90 Å². The second-order valence-corrected chi connectivity index (χ2v) is 6.42. The van der Waals surface area contributed by atoms with Crippen molar-refractivity contribution in [1.29, 1.82) is 0 Å². The summed E-state index contributed by atoms with van der Waals surface area (Å²) in [6.07, 6.45) is 4.18. The zero-order valence-corrected chi connectivity index (χ0v) is 14.5. The number of likely N-dealkylation sites (tertiary alicyclic amines) is 1. The molecule has 1 heterocycles. The van der Waals surface area contributed by atoms with Crippen LogP contribution in [0.4, 0.5) is 4.39 Å². The number of piperidine rings is 1. The van der Waals surface area contributed by atoms with Crippen molar-refractivity contribution in [1.82, 2.24) is 9.80 Å². The fourth-order valence-electron chi connectivity index (χ4n) is 3.16. The molecule has 0 radical (unpaired) electrons. The van der Waals surface area contributed by atoms with Gasteiger partial charge in [-0.3, -0.25) is 4.79 Å².